The Kier molecular flexibility index (Phi) is 7.13. The molecule has 0 bridgehead atoms. The molecule has 0 saturated carbocycles. The Morgan fingerprint density at radius 2 is 1.36 bits per heavy atom. The fourth-order valence-corrected chi connectivity index (χ4v) is 4.50. The number of hydrogen-bond donors (Lipinski definition) is 0. The third-order valence-electron chi connectivity index (χ3n) is 5.24. The number of amides is 1. The number of anilines is 2. The van der Waals surface area contributed by atoms with Gasteiger partial charge in [-0.3, -0.25) is 9.10 Å². The van der Waals surface area contributed by atoms with Crippen molar-refractivity contribution in [3.63, 3.8) is 0 Å². The molecule has 33 heavy (non-hydrogen) atoms. The number of sulfonamides is 1. The predicted octanol–water partition coefficient (Wildman–Crippen LogP) is 3.81. The van der Waals surface area contributed by atoms with E-state index >= 15 is 0 Å². The van der Waals surface area contributed by atoms with E-state index in [2.05, 4.69) is 0 Å². The first-order chi connectivity index (χ1) is 15.7. The van der Waals surface area contributed by atoms with Crippen LogP contribution < -0.4 is 23.4 Å². The third kappa shape index (κ3) is 4.73. The molecule has 0 N–H and O–H groups in total. The van der Waals surface area contributed by atoms with Gasteiger partial charge in [-0.05, 0) is 48.5 Å². The van der Waals surface area contributed by atoms with Gasteiger partial charge in [0, 0.05) is 31.4 Å². The van der Waals surface area contributed by atoms with Gasteiger partial charge in [0.15, 0.2) is 11.5 Å². The van der Waals surface area contributed by atoms with Crippen molar-refractivity contribution in [2.75, 3.05) is 44.6 Å². The number of nitrogens with zero attached hydrogens (tertiary/aromatic N) is 2. The molecule has 0 heterocycles. The minimum Gasteiger partial charge on any atom is -0.495 e. The molecular weight excluding hydrogens is 444 g/mol. The zero-order chi connectivity index (χ0) is 24.2. The highest BCUT2D eigenvalue weighted by molar-refractivity contribution is 7.92. The monoisotopic (exact) mass is 470 g/mol. The maximum absolute atomic E-state index is 13.1. The average Bonchev–Trinajstić information content (AvgIpc) is 2.86. The van der Waals surface area contributed by atoms with Crippen LogP contribution in [0.3, 0.4) is 0 Å². The van der Waals surface area contributed by atoms with Gasteiger partial charge in [-0.15, -0.1) is 0 Å². The van der Waals surface area contributed by atoms with Gasteiger partial charge in [0.2, 0.25) is 0 Å². The maximum atomic E-state index is 13.1. The lowest BCUT2D eigenvalue weighted by atomic mass is 10.2. The van der Waals surface area contributed by atoms with E-state index in [4.69, 9.17) is 14.2 Å². The summed E-state index contributed by atoms with van der Waals surface area (Å²) < 4.78 is 43.2. The van der Waals surface area contributed by atoms with E-state index in [0.29, 0.717) is 34.2 Å². The molecule has 1 amide bonds. The molecular formula is C24H26N2O6S. The summed E-state index contributed by atoms with van der Waals surface area (Å²) in [6.45, 7) is 0. The first kappa shape index (κ1) is 23.9. The van der Waals surface area contributed by atoms with Gasteiger partial charge in [-0.25, -0.2) is 8.42 Å². The van der Waals surface area contributed by atoms with Crippen LogP contribution in [0.1, 0.15) is 10.4 Å². The van der Waals surface area contributed by atoms with E-state index in [1.807, 2.05) is 0 Å². The first-order valence-corrected chi connectivity index (χ1v) is 11.4. The number of hydrogen-bond acceptors (Lipinski definition) is 6. The number of benzene rings is 3. The topological polar surface area (TPSA) is 85.4 Å². The van der Waals surface area contributed by atoms with Crippen LogP contribution in [-0.4, -0.2) is 49.7 Å². The smallest absolute Gasteiger partial charge is 0.264 e. The predicted molar refractivity (Wildman–Crippen MR) is 127 cm³/mol. The summed E-state index contributed by atoms with van der Waals surface area (Å²) in [7, 11) is 3.76. The summed E-state index contributed by atoms with van der Waals surface area (Å²) in [4.78, 5) is 14.5. The van der Waals surface area contributed by atoms with Crippen LogP contribution in [0, 0.1) is 0 Å². The molecule has 0 aliphatic carbocycles. The van der Waals surface area contributed by atoms with Crippen molar-refractivity contribution in [3.8, 4) is 17.2 Å². The molecule has 3 aromatic rings. The van der Waals surface area contributed by atoms with Crippen LogP contribution in [0.4, 0.5) is 11.4 Å². The van der Waals surface area contributed by atoms with E-state index in [1.165, 1.54) is 57.5 Å². The van der Waals surface area contributed by atoms with E-state index in [-0.39, 0.29) is 10.8 Å². The molecule has 0 fully saturated rings. The second kappa shape index (κ2) is 9.83. The molecule has 3 rings (SSSR count). The van der Waals surface area contributed by atoms with Crippen LogP contribution in [0.15, 0.2) is 71.6 Å². The lowest BCUT2D eigenvalue weighted by Crippen LogP contribution is -2.28. The standard InChI is InChI=1S/C24H26N2O6S/c1-25(18-12-15-22(31-4)23(16-18)32-5)24(27)17-10-13-19(14-11-17)33(28,29)26(2)20-8-6-7-9-21(20)30-3/h6-16H,1-5H3. The zero-order valence-electron chi connectivity index (χ0n) is 19.1. The van der Waals surface area contributed by atoms with Crippen LogP contribution in [0.2, 0.25) is 0 Å². The Hall–Kier alpha value is -3.72. The van der Waals surface area contributed by atoms with Gasteiger partial charge >= 0.3 is 0 Å². The van der Waals surface area contributed by atoms with Gasteiger partial charge in [0.1, 0.15) is 5.75 Å². The number of ether oxygens (including phenoxy) is 3. The van der Waals surface area contributed by atoms with Gasteiger partial charge in [0.05, 0.1) is 31.9 Å². The largest absolute Gasteiger partial charge is 0.495 e. The number of carbonyl (C=O) groups is 1. The molecule has 3 aromatic carbocycles. The third-order valence-corrected chi connectivity index (χ3v) is 7.03. The fraction of sp³-hybridized carbons (Fsp3) is 0.208. The van der Waals surface area contributed by atoms with Crippen molar-refractivity contribution in [1.29, 1.82) is 0 Å². The number of carbonyl (C=O) groups excluding carboxylic acids is 1. The van der Waals surface area contributed by atoms with Crippen molar-refractivity contribution in [3.05, 3.63) is 72.3 Å². The maximum Gasteiger partial charge on any atom is 0.264 e. The molecule has 0 spiro atoms. The van der Waals surface area contributed by atoms with Crippen molar-refractivity contribution in [2.24, 2.45) is 0 Å². The van der Waals surface area contributed by atoms with Gasteiger partial charge < -0.3 is 19.1 Å². The molecule has 174 valence electrons. The van der Waals surface area contributed by atoms with E-state index < -0.39 is 10.0 Å². The molecule has 0 aromatic heterocycles. The Morgan fingerprint density at radius 1 is 0.758 bits per heavy atom. The van der Waals surface area contributed by atoms with Crippen LogP contribution >= 0.6 is 0 Å². The number of rotatable bonds is 8. The molecule has 0 aliphatic rings. The molecule has 9 heteroatoms. The van der Waals surface area contributed by atoms with Crippen molar-refractivity contribution in [1.82, 2.24) is 0 Å². The van der Waals surface area contributed by atoms with Crippen molar-refractivity contribution >= 4 is 27.3 Å². The number of methoxy groups -OCH3 is 3. The summed E-state index contributed by atoms with van der Waals surface area (Å²) in [5.41, 5.74) is 1.35. The second-order valence-electron chi connectivity index (χ2n) is 7.07. The lowest BCUT2D eigenvalue weighted by Gasteiger charge is -2.22. The van der Waals surface area contributed by atoms with Crippen LogP contribution in [-0.2, 0) is 10.0 Å². The molecule has 0 unspecified atom stereocenters. The molecule has 0 atom stereocenters. The summed E-state index contributed by atoms with van der Waals surface area (Å²) in [6.07, 6.45) is 0. The van der Waals surface area contributed by atoms with Crippen molar-refractivity contribution in [2.45, 2.75) is 4.90 Å². The molecule has 0 aliphatic heterocycles. The summed E-state index contributed by atoms with van der Waals surface area (Å²) in [5.74, 6) is 1.18. The Labute approximate surface area is 194 Å². The Morgan fingerprint density at radius 3 is 1.97 bits per heavy atom. The SMILES string of the molecule is COc1ccc(N(C)C(=O)c2ccc(S(=O)(=O)N(C)c3ccccc3OC)cc2)cc1OC. The van der Waals surface area contributed by atoms with Gasteiger partial charge in [0.25, 0.3) is 15.9 Å². The lowest BCUT2D eigenvalue weighted by molar-refractivity contribution is 0.0993. The zero-order valence-corrected chi connectivity index (χ0v) is 19.9. The van der Waals surface area contributed by atoms with Crippen LogP contribution in [0.5, 0.6) is 17.2 Å². The minimum atomic E-state index is -3.86. The second-order valence-corrected chi connectivity index (χ2v) is 9.04. The Bertz CT molecular complexity index is 1240. The minimum absolute atomic E-state index is 0.0567. The van der Waals surface area contributed by atoms with E-state index in [9.17, 15) is 13.2 Å². The first-order valence-electron chi connectivity index (χ1n) is 9.96. The normalized spacial score (nSPS) is 10.9. The molecule has 8 nitrogen and oxygen atoms in total. The van der Waals surface area contributed by atoms with E-state index in [1.54, 1.807) is 49.5 Å². The summed E-state index contributed by atoms with van der Waals surface area (Å²) in [5, 5.41) is 0. The summed E-state index contributed by atoms with van der Waals surface area (Å²) >= 11 is 0. The van der Waals surface area contributed by atoms with Crippen molar-refractivity contribution < 1.29 is 27.4 Å². The van der Waals surface area contributed by atoms with Crippen LogP contribution in [0.25, 0.3) is 0 Å². The highest BCUT2D eigenvalue weighted by Gasteiger charge is 2.24. The number of para-hydroxylation sites is 2. The fourth-order valence-electron chi connectivity index (χ4n) is 3.29. The average molecular weight is 471 g/mol. The quantitative estimate of drug-likeness (QED) is 0.498. The highest BCUT2D eigenvalue weighted by Crippen LogP contribution is 2.32. The molecule has 0 radical (unpaired) electrons. The molecule has 0 saturated heterocycles. The highest BCUT2D eigenvalue weighted by atomic mass is 32.2. The summed E-state index contributed by atoms with van der Waals surface area (Å²) in [6, 6.07) is 17.8. The Balaban J connectivity index is 1.85. The van der Waals surface area contributed by atoms with Gasteiger partial charge in [-0.2, -0.15) is 0 Å². The van der Waals surface area contributed by atoms with E-state index in [0.717, 1.165) is 4.31 Å². The van der Waals surface area contributed by atoms with Gasteiger partial charge in [-0.1, -0.05) is 12.1 Å².